The van der Waals surface area contributed by atoms with E-state index in [0.717, 1.165) is 11.3 Å². The minimum absolute atomic E-state index is 0.133. The van der Waals surface area contributed by atoms with E-state index in [4.69, 9.17) is 4.74 Å². The molecule has 2 N–H and O–H groups in total. The van der Waals surface area contributed by atoms with Crippen LogP contribution in [0.1, 0.15) is 18.0 Å². The smallest absolute Gasteiger partial charge is 0.247 e. The third-order valence-electron chi connectivity index (χ3n) is 3.22. The summed E-state index contributed by atoms with van der Waals surface area (Å²) in [7, 11) is 1.57. The molecule has 108 valence electrons. The zero-order valence-electron chi connectivity index (χ0n) is 11.5. The summed E-state index contributed by atoms with van der Waals surface area (Å²) in [4.78, 5) is 24.2. The highest BCUT2D eigenvalue weighted by Crippen LogP contribution is 2.22. The standard InChI is InChI=1S/C14H18N2O3S/c1-19-10-5-3-4-9(8-10)12-14(18)15-11(6-7-20-2)13(17)16-12/h3-5,8,11-12H,6-7H2,1-2H3,(H,15,18)(H,16,17)/t11-,12?/m0/s1. The van der Waals surface area contributed by atoms with Crippen LogP contribution in [0.15, 0.2) is 24.3 Å². The summed E-state index contributed by atoms with van der Waals surface area (Å²) in [5.41, 5.74) is 0.721. The quantitative estimate of drug-likeness (QED) is 0.853. The number of benzene rings is 1. The Morgan fingerprint density at radius 1 is 1.25 bits per heavy atom. The molecular weight excluding hydrogens is 276 g/mol. The fourth-order valence-corrected chi connectivity index (χ4v) is 2.60. The number of methoxy groups -OCH3 is 1. The van der Waals surface area contributed by atoms with Crippen LogP contribution in [-0.2, 0) is 9.59 Å². The van der Waals surface area contributed by atoms with Gasteiger partial charge in [-0.15, -0.1) is 0 Å². The number of hydrogen-bond acceptors (Lipinski definition) is 4. The summed E-state index contributed by atoms with van der Waals surface area (Å²) >= 11 is 1.65. The first-order chi connectivity index (χ1) is 9.65. The lowest BCUT2D eigenvalue weighted by atomic mass is 10.0. The van der Waals surface area contributed by atoms with Crippen molar-refractivity contribution in [2.45, 2.75) is 18.5 Å². The van der Waals surface area contributed by atoms with Crippen molar-refractivity contribution < 1.29 is 14.3 Å². The molecule has 2 atom stereocenters. The fraction of sp³-hybridized carbons (Fsp3) is 0.429. The molecule has 1 fully saturated rings. The van der Waals surface area contributed by atoms with Crippen LogP contribution in [-0.4, -0.2) is 37.0 Å². The molecule has 20 heavy (non-hydrogen) atoms. The van der Waals surface area contributed by atoms with E-state index >= 15 is 0 Å². The molecule has 0 aromatic heterocycles. The van der Waals surface area contributed by atoms with Crippen LogP contribution in [0.5, 0.6) is 5.75 Å². The molecule has 0 spiro atoms. The van der Waals surface area contributed by atoms with Gasteiger partial charge in [0.05, 0.1) is 7.11 Å². The SMILES string of the molecule is COc1cccc(C2NC(=O)[C@H](CCSC)NC2=O)c1. The van der Waals surface area contributed by atoms with Crippen molar-refractivity contribution in [1.82, 2.24) is 10.6 Å². The highest BCUT2D eigenvalue weighted by Gasteiger charge is 2.34. The largest absolute Gasteiger partial charge is 0.497 e. The number of rotatable bonds is 5. The molecule has 5 nitrogen and oxygen atoms in total. The minimum atomic E-state index is -0.650. The summed E-state index contributed by atoms with van der Waals surface area (Å²) < 4.78 is 5.13. The second-order valence-corrected chi connectivity index (χ2v) is 5.55. The average molecular weight is 294 g/mol. The number of hydrogen-bond donors (Lipinski definition) is 2. The maximum absolute atomic E-state index is 12.1. The second-order valence-electron chi connectivity index (χ2n) is 4.56. The first-order valence-electron chi connectivity index (χ1n) is 6.39. The third kappa shape index (κ3) is 3.25. The van der Waals surface area contributed by atoms with Gasteiger partial charge >= 0.3 is 0 Å². The van der Waals surface area contributed by atoms with Gasteiger partial charge in [0.2, 0.25) is 11.8 Å². The van der Waals surface area contributed by atoms with Gasteiger partial charge in [-0.25, -0.2) is 0 Å². The number of piperazine rings is 1. The predicted molar refractivity (Wildman–Crippen MR) is 78.8 cm³/mol. The Kier molecular flexibility index (Phi) is 4.89. The van der Waals surface area contributed by atoms with Crippen LogP contribution in [0.4, 0.5) is 0 Å². The van der Waals surface area contributed by atoms with Crippen molar-refractivity contribution in [2.75, 3.05) is 19.1 Å². The number of nitrogens with one attached hydrogen (secondary N) is 2. The van der Waals surface area contributed by atoms with Crippen molar-refractivity contribution in [2.24, 2.45) is 0 Å². The van der Waals surface area contributed by atoms with Crippen molar-refractivity contribution >= 4 is 23.6 Å². The summed E-state index contributed by atoms with van der Waals surface area (Å²) in [6, 6.07) is 6.07. The van der Waals surface area contributed by atoms with Crippen molar-refractivity contribution in [3.05, 3.63) is 29.8 Å². The molecule has 1 aliphatic heterocycles. The molecule has 0 aliphatic carbocycles. The van der Waals surface area contributed by atoms with E-state index < -0.39 is 12.1 Å². The van der Waals surface area contributed by atoms with Gasteiger partial charge in [-0.2, -0.15) is 11.8 Å². The topological polar surface area (TPSA) is 67.4 Å². The van der Waals surface area contributed by atoms with E-state index in [-0.39, 0.29) is 11.8 Å². The molecule has 1 aliphatic rings. The Labute approximate surface area is 122 Å². The van der Waals surface area contributed by atoms with E-state index in [1.807, 2.05) is 6.26 Å². The lowest BCUT2D eigenvalue weighted by Crippen LogP contribution is -2.57. The molecule has 0 radical (unpaired) electrons. The fourth-order valence-electron chi connectivity index (χ4n) is 2.12. The Morgan fingerprint density at radius 2 is 2.05 bits per heavy atom. The van der Waals surface area contributed by atoms with Gasteiger partial charge in [-0.05, 0) is 36.1 Å². The molecule has 1 saturated heterocycles. The second kappa shape index (κ2) is 6.65. The van der Waals surface area contributed by atoms with Gasteiger partial charge in [-0.1, -0.05) is 12.1 Å². The van der Waals surface area contributed by atoms with Crippen molar-refractivity contribution in [1.29, 1.82) is 0 Å². The Balaban J connectivity index is 2.11. The minimum Gasteiger partial charge on any atom is -0.497 e. The zero-order chi connectivity index (χ0) is 14.5. The molecule has 0 saturated carbocycles. The van der Waals surface area contributed by atoms with E-state index in [1.54, 1.807) is 43.1 Å². The molecule has 2 rings (SSSR count). The van der Waals surface area contributed by atoms with Crippen LogP contribution < -0.4 is 15.4 Å². The zero-order valence-corrected chi connectivity index (χ0v) is 12.3. The third-order valence-corrected chi connectivity index (χ3v) is 3.86. The molecular formula is C14H18N2O3S. The molecule has 2 amide bonds. The van der Waals surface area contributed by atoms with Crippen LogP contribution in [0.2, 0.25) is 0 Å². The van der Waals surface area contributed by atoms with Crippen molar-refractivity contribution in [3.63, 3.8) is 0 Å². The summed E-state index contributed by atoms with van der Waals surface area (Å²) in [5.74, 6) is 1.19. The van der Waals surface area contributed by atoms with Gasteiger partial charge in [0.25, 0.3) is 0 Å². The average Bonchev–Trinajstić information content (AvgIpc) is 2.47. The van der Waals surface area contributed by atoms with Crippen LogP contribution >= 0.6 is 11.8 Å². The Morgan fingerprint density at radius 3 is 2.75 bits per heavy atom. The molecule has 1 aromatic rings. The van der Waals surface area contributed by atoms with E-state index in [9.17, 15) is 9.59 Å². The maximum Gasteiger partial charge on any atom is 0.247 e. The number of carbonyl (C=O) groups is 2. The number of carbonyl (C=O) groups excluding carboxylic acids is 2. The van der Waals surface area contributed by atoms with Crippen LogP contribution in [0.25, 0.3) is 0 Å². The number of ether oxygens (including phenoxy) is 1. The highest BCUT2D eigenvalue weighted by atomic mass is 32.2. The van der Waals surface area contributed by atoms with Crippen LogP contribution in [0.3, 0.4) is 0 Å². The maximum atomic E-state index is 12.1. The first-order valence-corrected chi connectivity index (χ1v) is 7.78. The first kappa shape index (κ1) is 14.7. The molecule has 1 aromatic carbocycles. The van der Waals surface area contributed by atoms with Gasteiger partial charge in [-0.3, -0.25) is 9.59 Å². The summed E-state index contributed by atoms with van der Waals surface area (Å²) in [6.07, 6.45) is 2.62. The van der Waals surface area contributed by atoms with Gasteiger partial charge in [0.15, 0.2) is 0 Å². The molecule has 6 heteroatoms. The van der Waals surface area contributed by atoms with E-state index in [2.05, 4.69) is 10.6 Å². The number of amides is 2. The molecule has 1 unspecified atom stereocenters. The normalized spacial score (nSPS) is 22.1. The molecule has 0 bridgehead atoms. The summed E-state index contributed by atoms with van der Waals surface area (Å²) in [5, 5.41) is 5.56. The lowest BCUT2D eigenvalue weighted by molar-refractivity contribution is -0.137. The van der Waals surface area contributed by atoms with Gasteiger partial charge in [0, 0.05) is 0 Å². The Hall–Kier alpha value is -1.69. The highest BCUT2D eigenvalue weighted by molar-refractivity contribution is 7.98. The van der Waals surface area contributed by atoms with Gasteiger partial charge in [0.1, 0.15) is 17.8 Å². The van der Waals surface area contributed by atoms with E-state index in [1.165, 1.54) is 0 Å². The van der Waals surface area contributed by atoms with Crippen molar-refractivity contribution in [3.8, 4) is 5.75 Å². The molecule has 1 heterocycles. The monoisotopic (exact) mass is 294 g/mol. The van der Waals surface area contributed by atoms with E-state index in [0.29, 0.717) is 12.2 Å². The Bertz CT molecular complexity index is 507. The number of thioether (sulfide) groups is 1. The summed E-state index contributed by atoms with van der Waals surface area (Å²) in [6.45, 7) is 0. The lowest BCUT2D eigenvalue weighted by Gasteiger charge is -2.29. The van der Waals surface area contributed by atoms with Crippen LogP contribution in [0, 0.1) is 0 Å². The predicted octanol–water partition coefficient (Wildman–Crippen LogP) is 1.10. The van der Waals surface area contributed by atoms with Gasteiger partial charge < -0.3 is 15.4 Å².